The van der Waals surface area contributed by atoms with Crippen molar-refractivity contribution in [3.8, 4) is 0 Å². The van der Waals surface area contributed by atoms with Crippen molar-refractivity contribution < 1.29 is 19.4 Å². The highest BCUT2D eigenvalue weighted by atomic mass is 16.5. The number of hydrogen-bond donors (Lipinski definition) is 1. The van der Waals surface area contributed by atoms with Crippen LogP contribution in [0.15, 0.2) is 0 Å². The average Bonchev–Trinajstić information content (AvgIpc) is 2.22. The normalized spacial score (nSPS) is 10.0. The number of methoxy groups -OCH3 is 1. The predicted octanol–water partition coefficient (Wildman–Crippen LogP) is 1.49. The molecule has 1 rings (SSSR count). The van der Waals surface area contributed by atoms with Gasteiger partial charge in [-0.2, -0.15) is 0 Å². The zero-order valence-corrected chi connectivity index (χ0v) is 9.62. The van der Waals surface area contributed by atoms with Gasteiger partial charge >= 0.3 is 11.9 Å². The van der Waals surface area contributed by atoms with E-state index in [1.807, 2.05) is 0 Å². The molecule has 0 aliphatic rings. The van der Waals surface area contributed by atoms with E-state index in [4.69, 9.17) is 5.11 Å². The molecule has 0 bridgehead atoms. The molecule has 0 aliphatic heterocycles. The fourth-order valence-electron chi connectivity index (χ4n) is 1.53. The van der Waals surface area contributed by atoms with Crippen molar-refractivity contribution in [1.82, 2.24) is 4.98 Å². The Kier molecular flexibility index (Phi) is 3.27. The Hall–Kier alpha value is -1.91. The molecule has 1 heterocycles. The summed E-state index contributed by atoms with van der Waals surface area (Å²) in [6.07, 6.45) is 0. The quantitative estimate of drug-likeness (QED) is 0.768. The number of aromatic carboxylic acids is 1. The van der Waals surface area contributed by atoms with Gasteiger partial charge in [0.05, 0.1) is 12.7 Å². The first-order valence-electron chi connectivity index (χ1n) is 4.69. The molecule has 0 spiro atoms. The summed E-state index contributed by atoms with van der Waals surface area (Å²) in [4.78, 5) is 26.4. The number of carbonyl (C=O) groups excluding carboxylic acids is 1. The van der Waals surface area contributed by atoms with Crippen molar-refractivity contribution in [3.63, 3.8) is 0 Å². The molecule has 0 unspecified atom stereocenters. The molecule has 0 aromatic carbocycles. The average molecular weight is 223 g/mol. The van der Waals surface area contributed by atoms with E-state index >= 15 is 0 Å². The molecule has 0 fully saturated rings. The van der Waals surface area contributed by atoms with Gasteiger partial charge in [-0.05, 0) is 31.9 Å². The standard InChI is InChI=1S/C11H13NO4/c1-5-7(3)12-9(10(13)14)6(2)8(5)11(15)16-4/h1-4H3,(H,13,14). The van der Waals surface area contributed by atoms with E-state index in [1.54, 1.807) is 20.8 Å². The molecule has 0 atom stereocenters. The minimum Gasteiger partial charge on any atom is -0.477 e. The summed E-state index contributed by atoms with van der Waals surface area (Å²) in [6.45, 7) is 4.93. The van der Waals surface area contributed by atoms with Gasteiger partial charge in [-0.1, -0.05) is 0 Å². The van der Waals surface area contributed by atoms with Crippen molar-refractivity contribution in [2.24, 2.45) is 0 Å². The van der Waals surface area contributed by atoms with E-state index in [-0.39, 0.29) is 11.3 Å². The van der Waals surface area contributed by atoms with Crippen LogP contribution in [0.3, 0.4) is 0 Å². The Labute approximate surface area is 93.1 Å². The number of ether oxygens (including phenoxy) is 1. The number of carboxylic acids is 1. The second kappa shape index (κ2) is 4.30. The van der Waals surface area contributed by atoms with Gasteiger partial charge in [0.1, 0.15) is 0 Å². The molecule has 1 aromatic rings. The van der Waals surface area contributed by atoms with Crippen LogP contribution in [0.4, 0.5) is 0 Å². The number of pyridine rings is 1. The number of aryl methyl sites for hydroxylation is 1. The third-order valence-electron chi connectivity index (χ3n) is 2.52. The maximum atomic E-state index is 11.5. The number of rotatable bonds is 2. The van der Waals surface area contributed by atoms with Crippen molar-refractivity contribution >= 4 is 11.9 Å². The van der Waals surface area contributed by atoms with Crippen LogP contribution in [0, 0.1) is 20.8 Å². The molecule has 86 valence electrons. The van der Waals surface area contributed by atoms with Gasteiger partial charge in [-0.25, -0.2) is 14.6 Å². The number of aromatic nitrogens is 1. The van der Waals surface area contributed by atoms with Crippen LogP contribution in [0.25, 0.3) is 0 Å². The van der Waals surface area contributed by atoms with Crippen LogP contribution in [0.5, 0.6) is 0 Å². The van der Waals surface area contributed by atoms with E-state index in [2.05, 4.69) is 9.72 Å². The number of hydrogen-bond acceptors (Lipinski definition) is 4. The smallest absolute Gasteiger partial charge is 0.354 e. The zero-order valence-electron chi connectivity index (χ0n) is 9.62. The van der Waals surface area contributed by atoms with E-state index in [9.17, 15) is 9.59 Å². The minimum absolute atomic E-state index is 0.108. The van der Waals surface area contributed by atoms with E-state index in [0.717, 1.165) is 0 Å². The molecule has 5 heteroatoms. The van der Waals surface area contributed by atoms with Crippen molar-refractivity contribution in [1.29, 1.82) is 0 Å². The molecule has 0 radical (unpaired) electrons. The molecule has 0 saturated heterocycles. The Bertz CT molecular complexity index is 466. The second-order valence-electron chi connectivity index (χ2n) is 3.47. The fraction of sp³-hybridized carbons (Fsp3) is 0.364. The predicted molar refractivity (Wildman–Crippen MR) is 56.7 cm³/mol. The Balaban J connectivity index is 3.58. The minimum atomic E-state index is -1.15. The highest BCUT2D eigenvalue weighted by molar-refractivity contribution is 5.97. The summed E-state index contributed by atoms with van der Waals surface area (Å²) >= 11 is 0. The van der Waals surface area contributed by atoms with Crippen LogP contribution < -0.4 is 0 Å². The Morgan fingerprint density at radius 3 is 2.19 bits per heavy atom. The summed E-state index contributed by atoms with van der Waals surface area (Å²) in [5.41, 5.74) is 1.68. The van der Waals surface area contributed by atoms with Gasteiger partial charge in [0.2, 0.25) is 0 Å². The second-order valence-corrected chi connectivity index (χ2v) is 3.47. The van der Waals surface area contributed by atoms with Gasteiger partial charge in [-0.15, -0.1) is 0 Å². The highest BCUT2D eigenvalue weighted by Gasteiger charge is 2.21. The summed E-state index contributed by atoms with van der Waals surface area (Å²) in [5.74, 6) is -1.69. The van der Waals surface area contributed by atoms with E-state index < -0.39 is 11.9 Å². The van der Waals surface area contributed by atoms with E-state index in [0.29, 0.717) is 16.8 Å². The SMILES string of the molecule is COC(=O)c1c(C)c(C)nc(C(=O)O)c1C. The maximum absolute atomic E-state index is 11.5. The number of carbonyl (C=O) groups is 2. The lowest BCUT2D eigenvalue weighted by atomic mass is 10.0. The number of carboxylic acid groups (broad SMARTS) is 1. The fourth-order valence-corrected chi connectivity index (χ4v) is 1.53. The molecule has 1 N–H and O–H groups in total. The van der Waals surface area contributed by atoms with Crippen LogP contribution in [-0.4, -0.2) is 29.1 Å². The van der Waals surface area contributed by atoms with Crippen LogP contribution in [0.2, 0.25) is 0 Å². The lowest BCUT2D eigenvalue weighted by Gasteiger charge is -2.11. The van der Waals surface area contributed by atoms with Crippen molar-refractivity contribution in [3.05, 3.63) is 28.1 Å². The Morgan fingerprint density at radius 1 is 1.19 bits per heavy atom. The Morgan fingerprint density at radius 2 is 1.75 bits per heavy atom. The molecule has 16 heavy (non-hydrogen) atoms. The van der Waals surface area contributed by atoms with Crippen LogP contribution >= 0.6 is 0 Å². The first-order valence-corrected chi connectivity index (χ1v) is 4.69. The molecular formula is C11H13NO4. The van der Waals surface area contributed by atoms with E-state index in [1.165, 1.54) is 7.11 Å². The van der Waals surface area contributed by atoms with Gasteiger partial charge in [0.25, 0.3) is 0 Å². The van der Waals surface area contributed by atoms with Gasteiger partial charge < -0.3 is 9.84 Å². The summed E-state index contributed by atoms with van der Waals surface area (Å²) in [6, 6.07) is 0. The molecule has 1 aromatic heterocycles. The van der Waals surface area contributed by atoms with Crippen LogP contribution in [-0.2, 0) is 4.74 Å². The molecule has 0 amide bonds. The largest absolute Gasteiger partial charge is 0.477 e. The highest BCUT2D eigenvalue weighted by Crippen LogP contribution is 2.20. The third-order valence-corrected chi connectivity index (χ3v) is 2.52. The number of nitrogens with zero attached hydrogens (tertiary/aromatic N) is 1. The maximum Gasteiger partial charge on any atom is 0.354 e. The van der Waals surface area contributed by atoms with Crippen molar-refractivity contribution in [2.45, 2.75) is 20.8 Å². The zero-order chi connectivity index (χ0) is 12.5. The van der Waals surface area contributed by atoms with Gasteiger partial charge in [0, 0.05) is 5.69 Å². The molecular weight excluding hydrogens is 210 g/mol. The first kappa shape index (κ1) is 12.2. The van der Waals surface area contributed by atoms with Crippen LogP contribution in [0.1, 0.15) is 37.7 Å². The summed E-state index contributed by atoms with van der Waals surface area (Å²) in [7, 11) is 1.26. The van der Waals surface area contributed by atoms with Crippen molar-refractivity contribution in [2.75, 3.05) is 7.11 Å². The lowest BCUT2D eigenvalue weighted by molar-refractivity contribution is 0.0598. The monoisotopic (exact) mass is 223 g/mol. The summed E-state index contributed by atoms with van der Waals surface area (Å²) in [5, 5.41) is 8.95. The number of esters is 1. The molecule has 5 nitrogen and oxygen atoms in total. The van der Waals surface area contributed by atoms with Gasteiger partial charge in [0.15, 0.2) is 5.69 Å². The third kappa shape index (κ3) is 1.88. The van der Waals surface area contributed by atoms with Gasteiger partial charge in [-0.3, -0.25) is 0 Å². The molecule has 0 aliphatic carbocycles. The lowest BCUT2D eigenvalue weighted by Crippen LogP contribution is -2.14. The summed E-state index contributed by atoms with van der Waals surface area (Å²) < 4.78 is 4.63. The topological polar surface area (TPSA) is 76.5 Å². The first-order chi connectivity index (χ1) is 7.40. The molecule has 0 saturated carbocycles.